The maximum Gasteiger partial charge on any atom is 0.234 e. The summed E-state index contributed by atoms with van der Waals surface area (Å²) in [7, 11) is 0. The van der Waals surface area contributed by atoms with Crippen LogP contribution in [0.15, 0.2) is 65.1 Å². The number of para-hydroxylation sites is 2. The third kappa shape index (κ3) is 4.41. The Morgan fingerprint density at radius 1 is 0.719 bits per heavy atom. The van der Waals surface area contributed by atoms with Crippen LogP contribution in [0.2, 0.25) is 0 Å². The predicted octanol–water partition coefficient (Wildman–Crippen LogP) is 3.20. The van der Waals surface area contributed by atoms with Gasteiger partial charge < -0.3 is 19.1 Å². The highest BCUT2D eigenvalue weighted by atomic mass is 16.4. The predicted molar refractivity (Wildman–Crippen MR) is 126 cm³/mol. The zero-order valence-electron chi connectivity index (χ0n) is 18.2. The van der Waals surface area contributed by atoms with Crippen molar-refractivity contribution in [1.82, 2.24) is 9.88 Å². The summed E-state index contributed by atoms with van der Waals surface area (Å²) in [5.74, 6) is 1.26. The molecule has 3 aromatic rings. The Hall–Kier alpha value is -3.50. The minimum atomic E-state index is 0.399. The summed E-state index contributed by atoms with van der Waals surface area (Å²) in [5, 5.41) is 9.63. The van der Waals surface area contributed by atoms with Gasteiger partial charge in [0.2, 0.25) is 17.5 Å². The van der Waals surface area contributed by atoms with Gasteiger partial charge in [0.15, 0.2) is 0 Å². The second-order valence-corrected chi connectivity index (χ2v) is 8.28. The van der Waals surface area contributed by atoms with E-state index in [9.17, 15) is 5.26 Å². The van der Waals surface area contributed by atoms with Crippen molar-refractivity contribution in [3.63, 3.8) is 0 Å². The lowest BCUT2D eigenvalue weighted by Crippen LogP contribution is -2.46. The van der Waals surface area contributed by atoms with Crippen LogP contribution in [-0.2, 0) is 6.54 Å². The van der Waals surface area contributed by atoms with Crippen molar-refractivity contribution in [2.24, 2.45) is 0 Å². The number of hydrogen-bond acceptors (Lipinski definition) is 7. The molecule has 2 fully saturated rings. The first-order chi connectivity index (χ1) is 15.8. The molecular formula is C25H28N6O. The van der Waals surface area contributed by atoms with E-state index >= 15 is 0 Å². The second kappa shape index (κ2) is 9.33. The Labute approximate surface area is 189 Å². The van der Waals surface area contributed by atoms with E-state index in [2.05, 4.69) is 79.2 Å². The molecule has 2 aromatic carbocycles. The van der Waals surface area contributed by atoms with Crippen molar-refractivity contribution >= 4 is 17.3 Å². The summed E-state index contributed by atoms with van der Waals surface area (Å²) in [6.45, 7) is 7.91. The van der Waals surface area contributed by atoms with Gasteiger partial charge in [-0.1, -0.05) is 36.4 Å². The zero-order chi connectivity index (χ0) is 21.8. The molecule has 1 aromatic heterocycles. The van der Waals surface area contributed by atoms with Crippen LogP contribution in [0, 0.1) is 11.3 Å². The molecule has 0 spiro atoms. The molecule has 0 unspecified atom stereocenters. The third-order valence-electron chi connectivity index (χ3n) is 6.30. The number of piperazine rings is 2. The van der Waals surface area contributed by atoms with Gasteiger partial charge in [0, 0.05) is 63.7 Å². The highest BCUT2D eigenvalue weighted by molar-refractivity contribution is 5.52. The van der Waals surface area contributed by atoms with Gasteiger partial charge in [-0.15, -0.1) is 0 Å². The highest BCUT2D eigenvalue weighted by Gasteiger charge is 2.26. The lowest BCUT2D eigenvalue weighted by molar-refractivity contribution is 0.226. The standard InChI is InChI=1S/C25H28N6O/c26-19-23-25(31-17-15-30(16-18-31)22-9-5-2-6-10-22)32-24(27-23)20-28-11-13-29(14-12-28)21-7-3-1-4-8-21/h1-10H,11-18,20H2. The molecule has 0 bridgehead atoms. The summed E-state index contributed by atoms with van der Waals surface area (Å²) < 4.78 is 6.12. The fourth-order valence-electron chi connectivity index (χ4n) is 4.51. The lowest BCUT2D eigenvalue weighted by atomic mass is 10.2. The molecule has 7 heteroatoms. The topological polar surface area (TPSA) is 62.8 Å². The number of rotatable bonds is 5. The summed E-state index contributed by atoms with van der Waals surface area (Å²) in [6.07, 6.45) is 0. The Morgan fingerprint density at radius 2 is 1.22 bits per heavy atom. The Kier molecular flexibility index (Phi) is 5.95. The number of benzene rings is 2. The molecule has 2 saturated heterocycles. The molecule has 164 valence electrons. The van der Waals surface area contributed by atoms with E-state index in [-0.39, 0.29) is 0 Å². The van der Waals surface area contributed by atoms with Crippen molar-refractivity contribution < 1.29 is 4.42 Å². The van der Waals surface area contributed by atoms with Gasteiger partial charge in [0.25, 0.3) is 0 Å². The van der Waals surface area contributed by atoms with Crippen molar-refractivity contribution in [2.45, 2.75) is 6.54 Å². The molecule has 0 saturated carbocycles. The largest absolute Gasteiger partial charge is 0.422 e. The zero-order valence-corrected chi connectivity index (χ0v) is 18.2. The van der Waals surface area contributed by atoms with Crippen molar-refractivity contribution in [3.05, 3.63) is 72.2 Å². The minimum absolute atomic E-state index is 0.399. The molecule has 2 aliphatic heterocycles. The van der Waals surface area contributed by atoms with Crippen molar-refractivity contribution in [2.75, 3.05) is 67.1 Å². The Balaban J connectivity index is 1.19. The fourth-order valence-corrected chi connectivity index (χ4v) is 4.51. The van der Waals surface area contributed by atoms with Gasteiger partial charge in [0.05, 0.1) is 6.54 Å². The molecule has 5 rings (SSSR count). The number of nitriles is 1. The minimum Gasteiger partial charge on any atom is -0.422 e. The first-order valence-electron chi connectivity index (χ1n) is 11.3. The molecule has 0 N–H and O–H groups in total. The number of anilines is 3. The normalized spacial score (nSPS) is 17.4. The maximum atomic E-state index is 9.63. The molecule has 0 amide bonds. The van der Waals surface area contributed by atoms with Gasteiger partial charge in [-0.3, -0.25) is 4.90 Å². The lowest BCUT2D eigenvalue weighted by Gasteiger charge is -2.36. The van der Waals surface area contributed by atoms with E-state index in [0.29, 0.717) is 24.0 Å². The van der Waals surface area contributed by atoms with Gasteiger partial charge in [-0.25, -0.2) is 0 Å². The first kappa shape index (κ1) is 20.4. The third-order valence-corrected chi connectivity index (χ3v) is 6.30. The van der Waals surface area contributed by atoms with Crippen molar-refractivity contribution in [1.29, 1.82) is 5.26 Å². The van der Waals surface area contributed by atoms with Crippen molar-refractivity contribution in [3.8, 4) is 6.07 Å². The maximum absolute atomic E-state index is 9.63. The number of oxazole rings is 1. The number of hydrogen-bond donors (Lipinski definition) is 0. The van der Waals surface area contributed by atoms with Crippen LogP contribution >= 0.6 is 0 Å². The van der Waals surface area contributed by atoms with Crippen LogP contribution in [0.4, 0.5) is 17.3 Å². The quantitative estimate of drug-likeness (QED) is 0.618. The van der Waals surface area contributed by atoms with Crippen LogP contribution in [0.1, 0.15) is 11.6 Å². The average Bonchev–Trinajstić information content (AvgIpc) is 3.28. The van der Waals surface area contributed by atoms with Gasteiger partial charge in [-0.2, -0.15) is 10.2 Å². The van der Waals surface area contributed by atoms with Crippen LogP contribution in [0.5, 0.6) is 0 Å². The van der Waals surface area contributed by atoms with Crippen LogP contribution < -0.4 is 14.7 Å². The number of nitrogens with zero attached hydrogens (tertiary/aromatic N) is 6. The van der Waals surface area contributed by atoms with E-state index in [1.54, 1.807) is 0 Å². The van der Waals surface area contributed by atoms with Crippen LogP contribution in [0.3, 0.4) is 0 Å². The smallest absolute Gasteiger partial charge is 0.234 e. The average molecular weight is 429 g/mol. The van der Waals surface area contributed by atoms with E-state index in [4.69, 9.17) is 4.42 Å². The monoisotopic (exact) mass is 428 g/mol. The summed E-state index contributed by atoms with van der Waals surface area (Å²) in [6, 6.07) is 23.2. The Bertz CT molecular complexity index is 1050. The van der Waals surface area contributed by atoms with Crippen LogP contribution in [-0.4, -0.2) is 62.2 Å². The molecule has 3 heterocycles. The molecular weight excluding hydrogens is 400 g/mol. The van der Waals surface area contributed by atoms with E-state index in [1.165, 1.54) is 11.4 Å². The molecule has 0 atom stereocenters. The molecule has 7 nitrogen and oxygen atoms in total. The summed E-state index contributed by atoms with van der Waals surface area (Å²) in [5.41, 5.74) is 2.91. The SMILES string of the molecule is N#Cc1nc(CN2CCN(c3ccccc3)CC2)oc1N1CCN(c2ccccc2)CC1. The Morgan fingerprint density at radius 3 is 1.75 bits per heavy atom. The van der Waals surface area contributed by atoms with Gasteiger partial charge in [-0.05, 0) is 24.3 Å². The molecule has 2 aliphatic rings. The molecule has 32 heavy (non-hydrogen) atoms. The van der Waals surface area contributed by atoms with E-state index in [0.717, 1.165) is 52.4 Å². The first-order valence-corrected chi connectivity index (χ1v) is 11.3. The van der Waals surface area contributed by atoms with E-state index in [1.807, 2.05) is 12.1 Å². The highest BCUT2D eigenvalue weighted by Crippen LogP contribution is 2.26. The van der Waals surface area contributed by atoms with Crippen LogP contribution in [0.25, 0.3) is 0 Å². The van der Waals surface area contributed by atoms with Gasteiger partial charge in [0.1, 0.15) is 6.07 Å². The summed E-state index contributed by atoms with van der Waals surface area (Å²) >= 11 is 0. The molecule has 0 radical (unpaired) electrons. The fraction of sp³-hybridized carbons (Fsp3) is 0.360. The second-order valence-electron chi connectivity index (χ2n) is 8.28. The molecule has 0 aliphatic carbocycles. The van der Waals surface area contributed by atoms with E-state index < -0.39 is 0 Å². The number of aromatic nitrogens is 1. The summed E-state index contributed by atoms with van der Waals surface area (Å²) in [4.78, 5) is 13.8. The van der Waals surface area contributed by atoms with Gasteiger partial charge >= 0.3 is 0 Å².